The molecule has 3 rings (SSSR count). The maximum atomic E-state index is 14.0. The number of hydrogen-bond donors (Lipinski definition) is 1. The summed E-state index contributed by atoms with van der Waals surface area (Å²) in [5.74, 6) is -2.84. The average molecular weight is 329 g/mol. The van der Waals surface area contributed by atoms with Crippen LogP contribution in [0.5, 0.6) is 6.01 Å². The molecular formula is C12H7F4N5O2. The zero-order valence-electron chi connectivity index (χ0n) is 11.1. The average Bonchev–Trinajstić information content (AvgIpc) is 3.16. The third kappa shape index (κ3) is 3.27. The summed E-state index contributed by atoms with van der Waals surface area (Å²) in [4.78, 5) is 6.85. The minimum atomic E-state index is -4.79. The van der Waals surface area contributed by atoms with Crippen LogP contribution in [0.3, 0.4) is 0 Å². The van der Waals surface area contributed by atoms with Crippen molar-refractivity contribution >= 4 is 0 Å². The summed E-state index contributed by atoms with van der Waals surface area (Å²) in [7, 11) is 0. The number of aromatic nitrogens is 5. The molecule has 1 N–H and O–H groups in total. The molecule has 7 nitrogen and oxygen atoms in total. The highest BCUT2D eigenvalue weighted by Crippen LogP contribution is 2.30. The lowest BCUT2D eigenvalue weighted by atomic mass is 10.1. The van der Waals surface area contributed by atoms with Gasteiger partial charge in [-0.3, -0.25) is 5.10 Å². The van der Waals surface area contributed by atoms with Crippen molar-refractivity contribution in [2.24, 2.45) is 0 Å². The minimum absolute atomic E-state index is 0.0188. The van der Waals surface area contributed by atoms with Crippen molar-refractivity contribution in [1.29, 1.82) is 0 Å². The van der Waals surface area contributed by atoms with Crippen molar-refractivity contribution in [3.8, 4) is 17.4 Å². The summed E-state index contributed by atoms with van der Waals surface area (Å²) in [6.45, 7) is -0.0188. The first-order chi connectivity index (χ1) is 10.9. The van der Waals surface area contributed by atoms with E-state index < -0.39 is 23.7 Å². The highest BCUT2D eigenvalue weighted by atomic mass is 19.4. The molecule has 0 bridgehead atoms. The van der Waals surface area contributed by atoms with Crippen LogP contribution < -0.4 is 4.74 Å². The van der Waals surface area contributed by atoms with Crippen molar-refractivity contribution in [2.45, 2.75) is 12.8 Å². The summed E-state index contributed by atoms with van der Waals surface area (Å²) in [5, 5.41) is 9.23. The van der Waals surface area contributed by atoms with Crippen LogP contribution in [0.15, 0.2) is 29.0 Å². The molecule has 0 saturated carbocycles. The maximum Gasteiger partial charge on any atom is 0.471 e. The molecule has 0 amide bonds. The summed E-state index contributed by atoms with van der Waals surface area (Å²) in [5.41, 5.74) is 0.210. The summed E-state index contributed by atoms with van der Waals surface area (Å²) < 4.78 is 60.4. The molecule has 2 aromatic heterocycles. The fourth-order valence-corrected chi connectivity index (χ4v) is 1.69. The number of ether oxygens (including phenoxy) is 1. The van der Waals surface area contributed by atoms with Crippen molar-refractivity contribution in [1.82, 2.24) is 25.3 Å². The first-order valence-corrected chi connectivity index (χ1v) is 6.12. The number of benzene rings is 1. The Kier molecular flexibility index (Phi) is 3.68. The molecular weight excluding hydrogens is 322 g/mol. The Morgan fingerprint density at radius 3 is 2.70 bits per heavy atom. The van der Waals surface area contributed by atoms with Crippen LogP contribution in [0.2, 0.25) is 0 Å². The molecule has 2 heterocycles. The van der Waals surface area contributed by atoms with Crippen LogP contribution in [-0.4, -0.2) is 25.3 Å². The number of alkyl halides is 3. The number of hydrogen-bond acceptors (Lipinski definition) is 6. The Balaban J connectivity index is 1.78. The van der Waals surface area contributed by atoms with Crippen LogP contribution >= 0.6 is 0 Å². The molecule has 0 saturated heterocycles. The Morgan fingerprint density at radius 1 is 1.26 bits per heavy atom. The number of aromatic amines is 1. The van der Waals surface area contributed by atoms with E-state index >= 15 is 0 Å². The lowest BCUT2D eigenvalue weighted by Crippen LogP contribution is -2.05. The van der Waals surface area contributed by atoms with Crippen LogP contribution in [0.1, 0.15) is 11.5 Å². The highest BCUT2D eigenvalue weighted by Gasteiger charge is 2.38. The predicted molar refractivity (Wildman–Crippen MR) is 65.4 cm³/mol. The molecule has 0 aliphatic rings. The van der Waals surface area contributed by atoms with Gasteiger partial charge in [-0.25, -0.2) is 4.39 Å². The number of nitrogens with zero attached hydrogens (tertiary/aromatic N) is 4. The number of rotatable bonds is 4. The first kappa shape index (κ1) is 14.9. The van der Waals surface area contributed by atoms with Gasteiger partial charge in [-0.05, 0) is 17.7 Å². The molecule has 0 radical (unpaired) electrons. The Hall–Kier alpha value is -2.98. The second kappa shape index (κ2) is 5.66. The van der Waals surface area contributed by atoms with Gasteiger partial charge in [-0.2, -0.15) is 23.1 Å². The van der Waals surface area contributed by atoms with Crippen LogP contribution in [-0.2, 0) is 12.8 Å². The van der Waals surface area contributed by atoms with Gasteiger partial charge in [0, 0.05) is 0 Å². The molecule has 1 aromatic carbocycles. The molecule has 0 aliphatic carbocycles. The van der Waals surface area contributed by atoms with Crippen molar-refractivity contribution in [3.63, 3.8) is 0 Å². The lowest BCUT2D eigenvalue weighted by molar-refractivity contribution is -0.159. The highest BCUT2D eigenvalue weighted by molar-refractivity contribution is 5.55. The van der Waals surface area contributed by atoms with Crippen molar-refractivity contribution < 1.29 is 26.8 Å². The number of nitrogens with one attached hydrogen (secondary N) is 1. The summed E-state index contributed by atoms with van der Waals surface area (Å²) in [6.07, 6.45) is -3.47. The van der Waals surface area contributed by atoms with Crippen molar-refractivity contribution in [2.75, 3.05) is 0 Å². The summed E-state index contributed by atoms with van der Waals surface area (Å²) in [6, 6.07) is 3.86. The van der Waals surface area contributed by atoms with E-state index in [2.05, 4.69) is 29.8 Å². The van der Waals surface area contributed by atoms with Gasteiger partial charge >= 0.3 is 18.1 Å². The third-order valence-electron chi connectivity index (χ3n) is 2.70. The monoisotopic (exact) mass is 329 g/mol. The molecule has 0 unspecified atom stereocenters. The predicted octanol–water partition coefficient (Wildman–Crippen LogP) is 2.59. The molecule has 0 aliphatic heterocycles. The van der Waals surface area contributed by atoms with Gasteiger partial charge in [0.25, 0.3) is 0 Å². The van der Waals surface area contributed by atoms with E-state index in [1.165, 1.54) is 18.5 Å². The van der Waals surface area contributed by atoms with Gasteiger partial charge in [-0.1, -0.05) is 11.2 Å². The van der Waals surface area contributed by atoms with E-state index in [4.69, 9.17) is 4.74 Å². The second-order valence-corrected chi connectivity index (χ2v) is 4.31. The topological polar surface area (TPSA) is 89.7 Å². The summed E-state index contributed by atoms with van der Waals surface area (Å²) >= 11 is 0. The van der Waals surface area contributed by atoms with Gasteiger partial charge in [0.1, 0.15) is 18.8 Å². The van der Waals surface area contributed by atoms with Gasteiger partial charge in [0.15, 0.2) is 0 Å². The van der Waals surface area contributed by atoms with E-state index in [9.17, 15) is 17.6 Å². The van der Waals surface area contributed by atoms with Crippen LogP contribution in [0.4, 0.5) is 17.6 Å². The van der Waals surface area contributed by atoms with Gasteiger partial charge in [-0.15, -0.1) is 5.10 Å². The Bertz CT molecular complexity index is 800. The fraction of sp³-hybridized carbons (Fsp3) is 0.167. The van der Waals surface area contributed by atoms with Crippen LogP contribution in [0, 0.1) is 5.82 Å². The number of H-pyrrole nitrogens is 1. The fourth-order valence-electron chi connectivity index (χ4n) is 1.69. The molecule has 23 heavy (non-hydrogen) atoms. The van der Waals surface area contributed by atoms with E-state index in [1.54, 1.807) is 0 Å². The maximum absolute atomic E-state index is 14.0. The molecule has 0 fully saturated rings. The smallest absolute Gasteiger partial charge is 0.458 e. The number of halogens is 4. The Labute approximate surface area is 125 Å². The van der Waals surface area contributed by atoms with Crippen LogP contribution in [0.25, 0.3) is 11.4 Å². The van der Waals surface area contributed by atoms with Crippen molar-refractivity contribution in [3.05, 3.63) is 41.8 Å². The van der Waals surface area contributed by atoms with E-state index in [0.717, 1.165) is 6.07 Å². The molecule has 3 aromatic rings. The normalized spacial score (nSPS) is 11.7. The molecule has 11 heteroatoms. The second-order valence-electron chi connectivity index (χ2n) is 4.31. The van der Waals surface area contributed by atoms with Gasteiger partial charge < -0.3 is 9.26 Å². The van der Waals surface area contributed by atoms with E-state index in [1.807, 2.05) is 0 Å². The SMILES string of the molecule is Fc1cc(COc2nc[nH]n2)ccc1-c1noc(C(F)(F)F)n1. The van der Waals surface area contributed by atoms with Gasteiger partial charge in [0.2, 0.25) is 5.82 Å². The molecule has 120 valence electrons. The zero-order chi connectivity index (χ0) is 16.4. The Morgan fingerprint density at radius 2 is 2.09 bits per heavy atom. The van der Waals surface area contributed by atoms with E-state index in [-0.39, 0.29) is 18.2 Å². The quantitative estimate of drug-likeness (QED) is 0.740. The minimum Gasteiger partial charge on any atom is -0.458 e. The largest absolute Gasteiger partial charge is 0.471 e. The zero-order valence-corrected chi connectivity index (χ0v) is 11.1. The first-order valence-electron chi connectivity index (χ1n) is 6.12. The standard InChI is InChI=1S/C12H7F4N5O2/c13-8-3-6(4-22-11-17-5-18-20-11)1-2-7(8)9-19-10(23-21-9)12(14,15)16/h1-3,5H,4H2,(H,17,18,20). The molecule has 0 atom stereocenters. The third-order valence-corrected chi connectivity index (χ3v) is 2.70. The van der Waals surface area contributed by atoms with Gasteiger partial charge in [0.05, 0.1) is 5.56 Å². The lowest BCUT2D eigenvalue weighted by Gasteiger charge is -2.04. The van der Waals surface area contributed by atoms with E-state index in [0.29, 0.717) is 5.56 Å². The molecule has 0 spiro atoms.